The first-order chi connectivity index (χ1) is 11.6. The molecule has 0 unspecified atom stereocenters. The number of methoxy groups -OCH3 is 2. The molecule has 0 N–H and O–H groups in total. The van der Waals surface area contributed by atoms with Crippen LogP contribution in [0.5, 0.6) is 11.5 Å². The fourth-order valence-corrected chi connectivity index (χ4v) is 2.85. The fourth-order valence-electron chi connectivity index (χ4n) is 2.74. The number of pyridine rings is 1. The Labute approximate surface area is 145 Å². The molecule has 3 rings (SSSR count). The molecule has 0 spiro atoms. The normalized spacial score (nSPS) is 13.0. The van der Waals surface area contributed by atoms with Gasteiger partial charge in [0.15, 0.2) is 17.3 Å². The van der Waals surface area contributed by atoms with Crippen LogP contribution in [0.15, 0.2) is 35.5 Å². The highest BCUT2D eigenvalue weighted by molar-refractivity contribution is 6.29. The number of rotatable bonds is 5. The third kappa shape index (κ3) is 3.26. The van der Waals surface area contributed by atoms with Gasteiger partial charge in [-0.2, -0.15) is 0 Å². The molecule has 0 fully saturated rings. The number of aromatic nitrogens is 1. The molecule has 1 aromatic carbocycles. The Kier molecular flexibility index (Phi) is 4.81. The van der Waals surface area contributed by atoms with Gasteiger partial charge in [-0.3, -0.25) is 9.79 Å². The Morgan fingerprint density at radius 1 is 1.21 bits per heavy atom. The first-order valence-corrected chi connectivity index (χ1v) is 7.93. The van der Waals surface area contributed by atoms with Crippen LogP contribution in [0.25, 0.3) is 0 Å². The molecule has 0 saturated carbocycles. The Morgan fingerprint density at radius 3 is 2.62 bits per heavy atom. The predicted molar refractivity (Wildman–Crippen MR) is 92.8 cm³/mol. The smallest absolute Gasteiger partial charge is 0.170 e. The minimum absolute atomic E-state index is 0.0412. The van der Waals surface area contributed by atoms with Crippen molar-refractivity contribution in [2.24, 2.45) is 4.99 Å². The first-order valence-electron chi connectivity index (χ1n) is 7.55. The monoisotopic (exact) mass is 344 g/mol. The molecule has 0 atom stereocenters. The summed E-state index contributed by atoms with van der Waals surface area (Å²) in [6.07, 6.45) is 2.52. The number of ketones is 1. The van der Waals surface area contributed by atoms with Crippen molar-refractivity contribution in [3.8, 4) is 11.5 Å². The summed E-state index contributed by atoms with van der Waals surface area (Å²) in [5.41, 5.74) is 3.33. The van der Waals surface area contributed by atoms with Gasteiger partial charge < -0.3 is 9.47 Å². The zero-order chi connectivity index (χ0) is 17.1. The Hall–Kier alpha value is -2.40. The maximum atomic E-state index is 12.5. The quantitative estimate of drug-likeness (QED) is 0.616. The molecule has 124 valence electrons. The summed E-state index contributed by atoms with van der Waals surface area (Å²) in [5.74, 6) is 1.28. The van der Waals surface area contributed by atoms with E-state index in [1.165, 1.54) is 6.20 Å². The zero-order valence-electron chi connectivity index (χ0n) is 13.5. The average Bonchev–Trinajstić information content (AvgIpc) is 2.61. The van der Waals surface area contributed by atoms with Gasteiger partial charge >= 0.3 is 0 Å². The van der Waals surface area contributed by atoms with Gasteiger partial charge in [0, 0.05) is 23.9 Å². The van der Waals surface area contributed by atoms with Crippen molar-refractivity contribution in [3.63, 3.8) is 0 Å². The van der Waals surface area contributed by atoms with Crippen LogP contribution >= 0.6 is 11.6 Å². The molecule has 0 bridgehead atoms. The molecule has 1 aromatic heterocycles. The van der Waals surface area contributed by atoms with E-state index in [2.05, 4.69) is 9.98 Å². The van der Waals surface area contributed by atoms with E-state index in [4.69, 9.17) is 21.1 Å². The van der Waals surface area contributed by atoms with E-state index in [0.717, 1.165) is 23.3 Å². The Bertz CT molecular complexity index is 801. The van der Waals surface area contributed by atoms with Crippen molar-refractivity contribution >= 4 is 23.1 Å². The summed E-state index contributed by atoms with van der Waals surface area (Å²) in [7, 11) is 3.20. The van der Waals surface area contributed by atoms with Crippen molar-refractivity contribution < 1.29 is 14.3 Å². The summed E-state index contributed by atoms with van der Waals surface area (Å²) < 4.78 is 10.7. The van der Waals surface area contributed by atoms with E-state index in [-0.39, 0.29) is 12.2 Å². The van der Waals surface area contributed by atoms with Crippen molar-refractivity contribution in [2.45, 2.75) is 12.8 Å². The van der Waals surface area contributed by atoms with Gasteiger partial charge in [0.25, 0.3) is 0 Å². The third-order valence-electron chi connectivity index (χ3n) is 3.98. The zero-order valence-corrected chi connectivity index (χ0v) is 14.3. The van der Waals surface area contributed by atoms with Crippen molar-refractivity contribution in [1.82, 2.24) is 4.98 Å². The number of ether oxygens (including phenoxy) is 2. The molecule has 6 heteroatoms. The van der Waals surface area contributed by atoms with Crippen molar-refractivity contribution in [1.29, 1.82) is 0 Å². The van der Waals surface area contributed by atoms with E-state index >= 15 is 0 Å². The van der Waals surface area contributed by atoms with Crippen LogP contribution in [-0.2, 0) is 6.42 Å². The molecule has 1 aliphatic heterocycles. The molecule has 1 aliphatic rings. The van der Waals surface area contributed by atoms with E-state index in [9.17, 15) is 4.79 Å². The standard InChI is InChI=1S/C18H17ClN2O3/c1-23-16-7-11-5-6-20-14(13(11)8-17(16)24-2)9-15(22)12-3-4-18(19)21-10-12/h3-4,7-8,10H,5-6,9H2,1-2H3. The summed E-state index contributed by atoms with van der Waals surface area (Å²) in [6.45, 7) is 0.657. The topological polar surface area (TPSA) is 60.8 Å². The van der Waals surface area contributed by atoms with E-state index in [1.807, 2.05) is 12.1 Å². The van der Waals surface area contributed by atoms with Gasteiger partial charge in [-0.1, -0.05) is 11.6 Å². The maximum Gasteiger partial charge on any atom is 0.170 e. The van der Waals surface area contributed by atoms with E-state index < -0.39 is 0 Å². The number of halogens is 1. The number of hydrogen-bond acceptors (Lipinski definition) is 5. The van der Waals surface area contributed by atoms with Crippen LogP contribution < -0.4 is 9.47 Å². The Balaban J connectivity index is 1.89. The number of benzene rings is 1. The van der Waals surface area contributed by atoms with Crippen molar-refractivity contribution in [3.05, 3.63) is 52.3 Å². The highest BCUT2D eigenvalue weighted by atomic mass is 35.5. The lowest BCUT2D eigenvalue weighted by molar-refractivity contribution is 0.100. The van der Waals surface area contributed by atoms with Crippen LogP contribution in [-0.4, -0.2) is 37.2 Å². The minimum Gasteiger partial charge on any atom is -0.493 e. The molecule has 0 saturated heterocycles. The maximum absolute atomic E-state index is 12.5. The summed E-state index contributed by atoms with van der Waals surface area (Å²) in [6, 6.07) is 7.13. The largest absolute Gasteiger partial charge is 0.493 e. The highest BCUT2D eigenvalue weighted by Crippen LogP contribution is 2.33. The lowest BCUT2D eigenvalue weighted by Crippen LogP contribution is -2.17. The SMILES string of the molecule is COc1cc2c(cc1OC)C(CC(=O)c1ccc(Cl)nc1)=NCC2. The van der Waals surface area contributed by atoms with Gasteiger partial charge in [0.1, 0.15) is 5.15 Å². The molecular formula is C18H17ClN2O3. The molecule has 0 amide bonds. The second-order valence-corrected chi connectivity index (χ2v) is 5.80. The summed E-state index contributed by atoms with van der Waals surface area (Å²) >= 11 is 5.77. The lowest BCUT2D eigenvalue weighted by Gasteiger charge is -2.19. The number of fused-ring (bicyclic) bond motifs is 1. The molecule has 2 heterocycles. The molecular weight excluding hydrogens is 328 g/mol. The van der Waals surface area contributed by atoms with Crippen LogP contribution in [0.4, 0.5) is 0 Å². The number of hydrogen-bond donors (Lipinski definition) is 0. The summed E-state index contributed by atoms with van der Waals surface area (Å²) in [4.78, 5) is 21.0. The third-order valence-corrected chi connectivity index (χ3v) is 4.21. The number of carbonyl (C=O) groups is 1. The average molecular weight is 345 g/mol. The van der Waals surface area contributed by atoms with Gasteiger partial charge in [-0.05, 0) is 36.2 Å². The van der Waals surface area contributed by atoms with Gasteiger partial charge in [-0.15, -0.1) is 0 Å². The van der Waals surface area contributed by atoms with Crippen LogP contribution in [0.1, 0.15) is 27.9 Å². The number of Topliss-reactive ketones (excluding diaryl/α,β-unsaturated/α-hetero) is 1. The first kappa shape index (κ1) is 16.5. The van der Waals surface area contributed by atoms with Crippen LogP contribution in [0.2, 0.25) is 5.15 Å². The van der Waals surface area contributed by atoms with Crippen LogP contribution in [0.3, 0.4) is 0 Å². The van der Waals surface area contributed by atoms with E-state index in [1.54, 1.807) is 26.4 Å². The van der Waals surface area contributed by atoms with Crippen LogP contribution in [0, 0.1) is 0 Å². The number of aliphatic imine (C=N–C) groups is 1. The van der Waals surface area contributed by atoms with Gasteiger partial charge in [-0.25, -0.2) is 4.98 Å². The summed E-state index contributed by atoms with van der Waals surface area (Å²) in [5, 5.41) is 0.365. The van der Waals surface area contributed by atoms with Gasteiger partial charge in [0.2, 0.25) is 0 Å². The fraction of sp³-hybridized carbons (Fsp3) is 0.278. The second-order valence-electron chi connectivity index (χ2n) is 5.41. The lowest BCUT2D eigenvalue weighted by atomic mass is 9.93. The molecule has 2 aromatic rings. The molecule has 0 radical (unpaired) electrons. The number of carbonyl (C=O) groups excluding carboxylic acids is 1. The minimum atomic E-state index is -0.0412. The Morgan fingerprint density at radius 2 is 1.96 bits per heavy atom. The number of nitrogens with zero attached hydrogens (tertiary/aromatic N) is 2. The molecule has 0 aliphatic carbocycles. The highest BCUT2D eigenvalue weighted by Gasteiger charge is 2.21. The molecule has 5 nitrogen and oxygen atoms in total. The molecule has 24 heavy (non-hydrogen) atoms. The van der Waals surface area contributed by atoms with Gasteiger partial charge in [0.05, 0.1) is 26.4 Å². The predicted octanol–water partition coefficient (Wildman–Crippen LogP) is 3.37. The van der Waals surface area contributed by atoms with Crippen molar-refractivity contribution in [2.75, 3.05) is 20.8 Å². The van der Waals surface area contributed by atoms with E-state index in [0.29, 0.717) is 28.8 Å². The second kappa shape index (κ2) is 7.01.